The van der Waals surface area contributed by atoms with Gasteiger partial charge in [0, 0.05) is 19.6 Å². The second-order valence-electron chi connectivity index (χ2n) is 5.18. The second-order valence-corrected chi connectivity index (χ2v) is 5.18. The van der Waals surface area contributed by atoms with Crippen LogP contribution in [-0.4, -0.2) is 48.0 Å². The fraction of sp³-hybridized carbons (Fsp3) is 1.00. The van der Waals surface area contributed by atoms with Gasteiger partial charge in [0.25, 0.3) is 0 Å². The van der Waals surface area contributed by atoms with Gasteiger partial charge >= 0.3 is 0 Å². The van der Waals surface area contributed by atoms with Crippen molar-refractivity contribution >= 4 is 0 Å². The summed E-state index contributed by atoms with van der Waals surface area (Å²) < 4.78 is 0. The van der Waals surface area contributed by atoms with Crippen molar-refractivity contribution in [1.29, 1.82) is 0 Å². The molecule has 2 saturated carbocycles. The molecule has 0 heterocycles. The van der Waals surface area contributed by atoms with E-state index in [0.717, 1.165) is 24.3 Å². The van der Waals surface area contributed by atoms with Gasteiger partial charge in [0.1, 0.15) is 0 Å². The van der Waals surface area contributed by atoms with Crippen LogP contribution >= 0.6 is 0 Å². The Balaban J connectivity index is 1.78. The summed E-state index contributed by atoms with van der Waals surface area (Å²) >= 11 is 0. The molecular weight excluding hydrogens is 190 g/mol. The predicted molar refractivity (Wildman–Crippen MR) is 59.5 cm³/mol. The van der Waals surface area contributed by atoms with Crippen LogP contribution in [-0.2, 0) is 0 Å². The quantitative estimate of drug-likeness (QED) is 0.683. The molecule has 3 heteroatoms. The van der Waals surface area contributed by atoms with E-state index in [1.165, 1.54) is 25.7 Å². The summed E-state index contributed by atoms with van der Waals surface area (Å²) in [7, 11) is 0. The van der Waals surface area contributed by atoms with Gasteiger partial charge < -0.3 is 10.2 Å². The number of aliphatic hydroxyl groups excluding tert-OH is 2. The van der Waals surface area contributed by atoms with E-state index in [0.29, 0.717) is 13.1 Å². The third kappa shape index (κ3) is 2.71. The second kappa shape index (κ2) is 5.28. The van der Waals surface area contributed by atoms with Gasteiger partial charge in [0.2, 0.25) is 0 Å². The molecule has 0 saturated heterocycles. The van der Waals surface area contributed by atoms with Gasteiger partial charge in [-0.15, -0.1) is 0 Å². The van der Waals surface area contributed by atoms with Crippen LogP contribution in [0.4, 0.5) is 0 Å². The Kier molecular flexibility index (Phi) is 4.00. The first kappa shape index (κ1) is 11.4. The Morgan fingerprint density at radius 2 is 1.73 bits per heavy atom. The predicted octanol–water partition coefficient (Wildman–Crippen LogP) is 0.709. The molecule has 3 atom stereocenters. The van der Waals surface area contributed by atoms with E-state index < -0.39 is 0 Å². The van der Waals surface area contributed by atoms with Crippen LogP contribution in [0.3, 0.4) is 0 Å². The maximum Gasteiger partial charge on any atom is 0.0558 e. The first-order valence-corrected chi connectivity index (χ1v) is 6.27. The third-order valence-electron chi connectivity index (χ3n) is 4.21. The largest absolute Gasteiger partial charge is 0.395 e. The minimum Gasteiger partial charge on any atom is -0.395 e. The van der Waals surface area contributed by atoms with Crippen LogP contribution in [0.5, 0.6) is 0 Å². The lowest BCUT2D eigenvalue weighted by molar-refractivity contribution is 0.129. The highest BCUT2D eigenvalue weighted by Crippen LogP contribution is 2.48. The molecular formula is C12H23NO2. The first-order valence-electron chi connectivity index (χ1n) is 6.27. The van der Waals surface area contributed by atoms with E-state index in [1.807, 2.05) is 0 Å². The maximum absolute atomic E-state index is 8.95. The van der Waals surface area contributed by atoms with Crippen molar-refractivity contribution in [2.75, 3.05) is 32.8 Å². The molecule has 0 aromatic rings. The van der Waals surface area contributed by atoms with Gasteiger partial charge in [-0.2, -0.15) is 0 Å². The molecule has 3 nitrogen and oxygen atoms in total. The Bertz CT molecular complexity index is 192. The maximum atomic E-state index is 8.95. The van der Waals surface area contributed by atoms with E-state index in [2.05, 4.69) is 4.90 Å². The average molecular weight is 213 g/mol. The minimum atomic E-state index is 0.209. The van der Waals surface area contributed by atoms with Crippen LogP contribution in [0.2, 0.25) is 0 Å². The van der Waals surface area contributed by atoms with Crippen molar-refractivity contribution in [3.63, 3.8) is 0 Å². The van der Waals surface area contributed by atoms with Gasteiger partial charge in [0.05, 0.1) is 13.2 Å². The van der Waals surface area contributed by atoms with Gasteiger partial charge in [-0.1, -0.05) is 6.42 Å². The van der Waals surface area contributed by atoms with Gasteiger partial charge in [-0.05, 0) is 37.0 Å². The highest BCUT2D eigenvalue weighted by Gasteiger charge is 2.39. The van der Waals surface area contributed by atoms with E-state index in [9.17, 15) is 0 Å². The van der Waals surface area contributed by atoms with Crippen LogP contribution in [0.15, 0.2) is 0 Å². The van der Waals surface area contributed by atoms with Crippen molar-refractivity contribution in [3.8, 4) is 0 Å². The molecule has 0 aromatic carbocycles. The van der Waals surface area contributed by atoms with Crippen molar-refractivity contribution in [2.45, 2.75) is 25.7 Å². The number of hydrogen-bond donors (Lipinski definition) is 2. The number of aliphatic hydroxyl groups is 2. The van der Waals surface area contributed by atoms with Crippen molar-refractivity contribution in [3.05, 3.63) is 0 Å². The molecule has 2 bridgehead atoms. The third-order valence-corrected chi connectivity index (χ3v) is 4.21. The molecule has 3 unspecified atom stereocenters. The smallest absolute Gasteiger partial charge is 0.0558 e. The van der Waals surface area contributed by atoms with Crippen molar-refractivity contribution in [2.24, 2.45) is 17.8 Å². The molecule has 2 fully saturated rings. The summed E-state index contributed by atoms with van der Waals surface area (Å²) in [5, 5.41) is 17.9. The van der Waals surface area contributed by atoms with Crippen LogP contribution in [0, 0.1) is 17.8 Å². The molecule has 2 rings (SSSR count). The Hall–Kier alpha value is -0.120. The van der Waals surface area contributed by atoms with Crippen molar-refractivity contribution in [1.82, 2.24) is 4.90 Å². The molecule has 0 amide bonds. The lowest BCUT2D eigenvalue weighted by atomic mass is 9.88. The van der Waals surface area contributed by atoms with Crippen molar-refractivity contribution < 1.29 is 10.2 Å². The Morgan fingerprint density at radius 3 is 2.20 bits per heavy atom. The van der Waals surface area contributed by atoms with Gasteiger partial charge in [-0.3, -0.25) is 4.90 Å². The lowest BCUT2D eigenvalue weighted by Crippen LogP contribution is -2.36. The molecule has 2 N–H and O–H groups in total. The molecule has 0 aliphatic heterocycles. The SMILES string of the molecule is OCCN(CCO)CC1CC2CCC1C2. The summed E-state index contributed by atoms with van der Waals surface area (Å²) in [6, 6.07) is 0. The Labute approximate surface area is 92.1 Å². The van der Waals surface area contributed by atoms with Gasteiger partial charge in [0.15, 0.2) is 0 Å². The summed E-state index contributed by atoms with van der Waals surface area (Å²) in [4.78, 5) is 2.21. The summed E-state index contributed by atoms with van der Waals surface area (Å²) in [5.41, 5.74) is 0. The topological polar surface area (TPSA) is 43.7 Å². The van der Waals surface area contributed by atoms with Gasteiger partial charge in [-0.25, -0.2) is 0 Å². The zero-order valence-electron chi connectivity index (χ0n) is 9.44. The number of rotatable bonds is 6. The average Bonchev–Trinajstić information content (AvgIpc) is 2.80. The molecule has 0 aromatic heterocycles. The van der Waals surface area contributed by atoms with E-state index in [4.69, 9.17) is 10.2 Å². The first-order chi connectivity index (χ1) is 7.33. The fourth-order valence-electron chi connectivity index (χ4n) is 3.51. The monoisotopic (exact) mass is 213 g/mol. The van der Waals surface area contributed by atoms with Crippen LogP contribution in [0.25, 0.3) is 0 Å². The van der Waals surface area contributed by atoms with E-state index in [1.54, 1.807) is 0 Å². The number of fused-ring (bicyclic) bond motifs is 2. The molecule has 2 aliphatic carbocycles. The van der Waals surface area contributed by atoms with Crippen LogP contribution < -0.4 is 0 Å². The molecule has 2 aliphatic rings. The summed E-state index contributed by atoms with van der Waals surface area (Å²) in [6.07, 6.45) is 5.69. The standard InChI is InChI=1S/C12H23NO2/c14-5-3-13(4-6-15)9-12-8-10-1-2-11(12)7-10/h10-12,14-15H,1-9H2. The number of nitrogens with zero attached hydrogens (tertiary/aromatic N) is 1. The van der Waals surface area contributed by atoms with E-state index >= 15 is 0 Å². The Morgan fingerprint density at radius 1 is 1.00 bits per heavy atom. The van der Waals surface area contributed by atoms with Crippen LogP contribution in [0.1, 0.15) is 25.7 Å². The highest BCUT2D eigenvalue weighted by molar-refractivity contribution is 4.91. The molecule has 15 heavy (non-hydrogen) atoms. The zero-order chi connectivity index (χ0) is 10.7. The molecule has 88 valence electrons. The normalized spacial score (nSPS) is 34.2. The highest BCUT2D eigenvalue weighted by atomic mass is 16.3. The minimum absolute atomic E-state index is 0.209. The molecule has 0 radical (unpaired) electrons. The fourth-order valence-corrected chi connectivity index (χ4v) is 3.51. The summed E-state index contributed by atoms with van der Waals surface area (Å²) in [6.45, 7) is 2.94. The molecule has 0 spiro atoms. The van der Waals surface area contributed by atoms with E-state index in [-0.39, 0.29) is 13.2 Å². The number of hydrogen-bond acceptors (Lipinski definition) is 3. The lowest BCUT2D eigenvalue weighted by Gasteiger charge is -2.28. The summed E-state index contributed by atoms with van der Waals surface area (Å²) in [5.74, 6) is 2.77. The zero-order valence-corrected chi connectivity index (χ0v) is 9.44.